The van der Waals surface area contributed by atoms with Gasteiger partial charge in [-0.2, -0.15) is 5.10 Å². The van der Waals surface area contributed by atoms with Crippen LogP contribution in [0, 0.1) is 12.7 Å². The van der Waals surface area contributed by atoms with Crippen LogP contribution in [0.25, 0.3) is 22.5 Å². The third kappa shape index (κ3) is 2.16. The smallest absolute Gasteiger partial charge is 0.132 e. The van der Waals surface area contributed by atoms with Crippen molar-refractivity contribution >= 4 is 0 Å². The van der Waals surface area contributed by atoms with Crippen LogP contribution < -0.4 is 0 Å². The third-order valence-corrected chi connectivity index (χ3v) is 3.17. The van der Waals surface area contributed by atoms with Gasteiger partial charge in [0, 0.05) is 11.1 Å². The van der Waals surface area contributed by atoms with Crippen molar-refractivity contribution in [1.29, 1.82) is 0 Å². The molecule has 0 saturated heterocycles. The lowest BCUT2D eigenvalue weighted by Crippen LogP contribution is -1.85. The molecular weight excluding hydrogens is 255 g/mol. The van der Waals surface area contributed by atoms with Crippen LogP contribution in [-0.2, 0) is 0 Å². The highest BCUT2D eigenvalue weighted by atomic mass is 19.1. The molecule has 0 radical (unpaired) electrons. The molecule has 4 heteroatoms. The average molecular weight is 268 g/mol. The Morgan fingerprint density at radius 2 is 1.85 bits per heavy atom. The monoisotopic (exact) mass is 268 g/mol. The maximum atomic E-state index is 13.8. The number of phenols is 1. The van der Waals surface area contributed by atoms with Crippen molar-refractivity contribution < 1.29 is 9.50 Å². The summed E-state index contributed by atoms with van der Waals surface area (Å²) in [5.41, 5.74) is 3.22. The summed E-state index contributed by atoms with van der Waals surface area (Å²) in [7, 11) is 0. The van der Waals surface area contributed by atoms with Crippen molar-refractivity contribution in [1.82, 2.24) is 10.2 Å². The zero-order valence-electron chi connectivity index (χ0n) is 10.9. The summed E-state index contributed by atoms with van der Waals surface area (Å²) in [6, 6.07) is 13.6. The second-order valence-electron chi connectivity index (χ2n) is 4.67. The number of hydrogen-bond donors (Lipinski definition) is 2. The molecule has 3 nitrogen and oxygen atoms in total. The van der Waals surface area contributed by atoms with E-state index < -0.39 is 0 Å². The van der Waals surface area contributed by atoms with E-state index in [0.717, 1.165) is 5.56 Å². The average Bonchev–Trinajstić information content (AvgIpc) is 2.91. The zero-order chi connectivity index (χ0) is 14.1. The van der Waals surface area contributed by atoms with Crippen LogP contribution in [0.5, 0.6) is 5.75 Å². The molecule has 0 spiro atoms. The van der Waals surface area contributed by atoms with E-state index in [1.165, 1.54) is 6.07 Å². The van der Waals surface area contributed by atoms with E-state index in [4.69, 9.17) is 0 Å². The molecule has 20 heavy (non-hydrogen) atoms. The molecule has 0 saturated carbocycles. The van der Waals surface area contributed by atoms with Crippen molar-refractivity contribution in [3.8, 4) is 28.3 Å². The molecule has 2 N–H and O–H groups in total. The highest BCUT2D eigenvalue weighted by Gasteiger charge is 2.12. The number of benzene rings is 2. The maximum absolute atomic E-state index is 13.8. The molecule has 1 aromatic heterocycles. The van der Waals surface area contributed by atoms with Crippen molar-refractivity contribution in [3.63, 3.8) is 0 Å². The molecule has 0 atom stereocenters. The van der Waals surface area contributed by atoms with Crippen LogP contribution in [0.15, 0.2) is 48.5 Å². The Morgan fingerprint density at radius 1 is 1.05 bits per heavy atom. The first kappa shape index (κ1) is 12.4. The van der Waals surface area contributed by atoms with Gasteiger partial charge in [0.1, 0.15) is 11.6 Å². The molecule has 3 aromatic rings. The molecule has 100 valence electrons. The summed E-state index contributed by atoms with van der Waals surface area (Å²) in [5, 5.41) is 16.8. The number of halogens is 1. The number of rotatable bonds is 2. The summed E-state index contributed by atoms with van der Waals surface area (Å²) in [6.07, 6.45) is 0. The molecule has 1 heterocycles. The predicted molar refractivity (Wildman–Crippen MR) is 75.8 cm³/mol. The number of nitrogens with one attached hydrogen (secondary N) is 1. The number of H-pyrrole nitrogens is 1. The molecule has 0 aliphatic carbocycles. The summed E-state index contributed by atoms with van der Waals surface area (Å²) >= 11 is 0. The summed E-state index contributed by atoms with van der Waals surface area (Å²) in [6.45, 7) is 1.90. The molecule has 3 rings (SSSR count). The number of aromatic nitrogens is 2. The fraction of sp³-hybridized carbons (Fsp3) is 0.0625. The van der Waals surface area contributed by atoms with E-state index in [9.17, 15) is 9.50 Å². The number of aromatic amines is 1. The summed E-state index contributed by atoms with van der Waals surface area (Å²) in [5.74, 6) is -0.154. The van der Waals surface area contributed by atoms with Gasteiger partial charge in [0.15, 0.2) is 0 Å². The van der Waals surface area contributed by atoms with E-state index in [-0.39, 0.29) is 11.6 Å². The zero-order valence-corrected chi connectivity index (χ0v) is 10.9. The Balaban J connectivity index is 2.07. The Morgan fingerprint density at radius 3 is 2.65 bits per heavy atom. The van der Waals surface area contributed by atoms with Gasteiger partial charge in [0.25, 0.3) is 0 Å². The van der Waals surface area contributed by atoms with Crippen molar-refractivity contribution in [2.24, 2.45) is 0 Å². The van der Waals surface area contributed by atoms with Gasteiger partial charge in [-0.15, -0.1) is 0 Å². The van der Waals surface area contributed by atoms with E-state index >= 15 is 0 Å². The molecule has 0 aliphatic heterocycles. The van der Waals surface area contributed by atoms with Crippen LogP contribution in [0.4, 0.5) is 4.39 Å². The molecule has 0 bridgehead atoms. The van der Waals surface area contributed by atoms with Crippen LogP contribution in [0.2, 0.25) is 0 Å². The van der Waals surface area contributed by atoms with Crippen molar-refractivity contribution in [2.75, 3.05) is 0 Å². The van der Waals surface area contributed by atoms with Gasteiger partial charge < -0.3 is 5.11 Å². The number of hydrogen-bond acceptors (Lipinski definition) is 2. The van der Waals surface area contributed by atoms with Crippen molar-refractivity contribution in [2.45, 2.75) is 6.92 Å². The number of phenolic OH excluding ortho intramolecular Hbond substituents is 1. The number of aromatic hydroxyl groups is 1. The minimum atomic E-state index is -0.314. The van der Waals surface area contributed by atoms with E-state index in [1.807, 2.05) is 13.0 Å². The van der Waals surface area contributed by atoms with E-state index in [2.05, 4.69) is 10.2 Å². The molecular formula is C16H13FN2O. The Kier molecular flexibility index (Phi) is 2.99. The molecule has 0 aliphatic rings. The first-order chi connectivity index (χ1) is 9.65. The van der Waals surface area contributed by atoms with E-state index in [0.29, 0.717) is 22.5 Å². The van der Waals surface area contributed by atoms with Gasteiger partial charge in [-0.3, -0.25) is 5.10 Å². The van der Waals surface area contributed by atoms with Crippen LogP contribution in [0.3, 0.4) is 0 Å². The largest absolute Gasteiger partial charge is 0.507 e. The van der Waals surface area contributed by atoms with Gasteiger partial charge in [-0.1, -0.05) is 23.8 Å². The Bertz CT molecular complexity index is 765. The molecule has 2 aromatic carbocycles. The highest BCUT2D eigenvalue weighted by molar-refractivity contribution is 5.72. The minimum absolute atomic E-state index is 0.160. The maximum Gasteiger partial charge on any atom is 0.132 e. The number of para-hydroxylation sites is 1. The van der Waals surface area contributed by atoms with Gasteiger partial charge >= 0.3 is 0 Å². The highest BCUT2D eigenvalue weighted by Crippen LogP contribution is 2.30. The van der Waals surface area contributed by atoms with E-state index in [1.54, 1.807) is 36.4 Å². The third-order valence-electron chi connectivity index (χ3n) is 3.17. The topological polar surface area (TPSA) is 48.9 Å². The second kappa shape index (κ2) is 4.81. The first-order valence-corrected chi connectivity index (χ1v) is 6.25. The van der Waals surface area contributed by atoms with Crippen LogP contribution in [-0.4, -0.2) is 15.3 Å². The van der Waals surface area contributed by atoms with Crippen molar-refractivity contribution in [3.05, 3.63) is 59.9 Å². The number of nitrogens with zero attached hydrogens (tertiary/aromatic N) is 1. The molecule has 0 amide bonds. The van der Waals surface area contributed by atoms with Crippen LogP contribution >= 0.6 is 0 Å². The Hall–Kier alpha value is -2.62. The summed E-state index contributed by atoms with van der Waals surface area (Å²) in [4.78, 5) is 0. The summed E-state index contributed by atoms with van der Waals surface area (Å²) < 4.78 is 13.8. The Labute approximate surface area is 115 Å². The SMILES string of the molecule is Cc1ccc(F)c(-c2cc(-c3ccccc3O)[nH]n2)c1. The van der Waals surface area contributed by atoms with Gasteiger partial charge in [0.05, 0.1) is 11.4 Å². The lowest BCUT2D eigenvalue weighted by molar-refractivity contribution is 0.477. The molecule has 0 fully saturated rings. The number of aryl methyl sites for hydroxylation is 1. The first-order valence-electron chi connectivity index (χ1n) is 6.25. The fourth-order valence-corrected chi connectivity index (χ4v) is 2.13. The fourth-order valence-electron chi connectivity index (χ4n) is 2.13. The van der Waals surface area contributed by atoms with Gasteiger partial charge in [0.2, 0.25) is 0 Å². The standard InChI is InChI=1S/C16H13FN2O/c1-10-6-7-13(17)12(8-10)15-9-14(18-19-15)11-4-2-3-5-16(11)20/h2-9,20H,1H3,(H,18,19). The lowest BCUT2D eigenvalue weighted by atomic mass is 10.1. The van der Waals surface area contributed by atoms with Gasteiger partial charge in [-0.25, -0.2) is 4.39 Å². The predicted octanol–water partition coefficient (Wildman–Crippen LogP) is 3.90. The second-order valence-corrected chi connectivity index (χ2v) is 4.67. The molecule has 0 unspecified atom stereocenters. The minimum Gasteiger partial charge on any atom is -0.507 e. The lowest BCUT2D eigenvalue weighted by Gasteiger charge is -2.01. The van der Waals surface area contributed by atoms with Crippen LogP contribution in [0.1, 0.15) is 5.56 Å². The van der Waals surface area contributed by atoms with Gasteiger partial charge in [-0.05, 0) is 37.3 Å². The quantitative estimate of drug-likeness (QED) is 0.740. The normalized spacial score (nSPS) is 10.7.